The summed E-state index contributed by atoms with van der Waals surface area (Å²) >= 11 is 1.92. The molecule has 1 aromatic heterocycles. The summed E-state index contributed by atoms with van der Waals surface area (Å²) < 4.78 is 0. The van der Waals surface area contributed by atoms with Gasteiger partial charge < -0.3 is 10.2 Å². The lowest BCUT2D eigenvalue weighted by Crippen LogP contribution is -2.38. The molecule has 0 saturated carbocycles. The second kappa shape index (κ2) is 4.70. The SMILES string of the molecule is CNC1CC(C)(C)Cc2nc(N3CCCC3(C)C)sc21. The van der Waals surface area contributed by atoms with Crippen molar-refractivity contribution in [1.29, 1.82) is 0 Å². The zero-order chi connectivity index (χ0) is 14.5. The molecule has 2 heterocycles. The second-order valence-corrected chi connectivity index (χ2v) is 8.77. The van der Waals surface area contributed by atoms with E-state index < -0.39 is 0 Å². The van der Waals surface area contributed by atoms with E-state index >= 15 is 0 Å². The average molecular weight is 293 g/mol. The summed E-state index contributed by atoms with van der Waals surface area (Å²) in [5.41, 5.74) is 1.96. The Hall–Kier alpha value is -0.610. The first-order chi connectivity index (χ1) is 9.32. The minimum absolute atomic E-state index is 0.269. The van der Waals surface area contributed by atoms with Crippen LogP contribution in [0.4, 0.5) is 5.13 Å². The van der Waals surface area contributed by atoms with Gasteiger partial charge in [0, 0.05) is 23.0 Å². The Morgan fingerprint density at radius 1 is 1.30 bits per heavy atom. The van der Waals surface area contributed by atoms with Crippen LogP contribution in [-0.4, -0.2) is 24.1 Å². The molecule has 0 radical (unpaired) electrons. The van der Waals surface area contributed by atoms with Crippen molar-refractivity contribution >= 4 is 16.5 Å². The van der Waals surface area contributed by atoms with Crippen molar-refractivity contribution in [3.63, 3.8) is 0 Å². The van der Waals surface area contributed by atoms with Gasteiger partial charge in [0.25, 0.3) is 0 Å². The van der Waals surface area contributed by atoms with Gasteiger partial charge in [-0.25, -0.2) is 4.98 Å². The number of nitrogens with one attached hydrogen (secondary N) is 1. The molecule has 1 saturated heterocycles. The van der Waals surface area contributed by atoms with Crippen LogP contribution in [0.5, 0.6) is 0 Å². The van der Waals surface area contributed by atoms with Crippen LogP contribution in [0.15, 0.2) is 0 Å². The number of fused-ring (bicyclic) bond motifs is 1. The van der Waals surface area contributed by atoms with Crippen molar-refractivity contribution in [2.24, 2.45) is 5.41 Å². The number of anilines is 1. The molecule has 0 aromatic carbocycles. The smallest absolute Gasteiger partial charge is 0.186 e. The van der Waals surface area contributed by atoms with E-state index in [0.717, 1.165) is 13.0 Å². The van der Waals surface area contributed by atoms with Crippen LogP contribution in [0.1, 0.15) is 63.6 Å². The molecule has 0 bridgehead atoms. The van der Waals surface area contributed by atoms with Crippen LogP contribution in [0.25, 0.3) is 0 Å². The summed E-state index contributed by atoms with van der Waals surface area (Å²) in [6.07, 6.45) is 4.89. The van der Waals surface area contributed by atoms with E-state index in [4.69, 9.17) is 4.98 Å². The lowest BCUT2D eigenvalue weighted by Gasteiger charge is -2.34. The van der Waals surface area contributed by atoms with E-state index in [9.17, 15) is 0 Å². The first-order valence-electron chi connectivity index (χ1n) is 7.77. The third-order valence-electron chi connectivity index (χ3n) is 4.92. The molecule has 0 amide bonds. The van der Waals surface area contributed by atoms with Crippen LogP contribution in [0.2, 0.25) is 0 Å². The Balaban J connectivity index is 1.96. The minimum atomic E-state index is 0.269. The van der Waals surface area contributed by atoms with Gasteiger partial charge in [-0.3, -0.25) is 0 Å². The van der Waals surface area contributed by atoms with Crippen molar-refractivity contribution in [1.82, 2.24) is 10.3 Å². The third kappa shape index (κ3) is 2.37. The van der Waals surface area contributed by atoms with E-state index in [2.05, 4.69) is 45.0 Å². The molecule has 112 valence electrons. The summed E-state index contributed by atoms with van der Waals surface area (Å²) in [6.45, 7) is 10.6. The van der Waals surface area contributed by atoms with Gasteiger partial charge in [0.1, 0.15) is 0 Å². The van der Waals surface area contributed by atoms with Crippen LogP contribution in [0.3, 0.4) is 0 Å². The summed E-state index contributed by atoms with van der Waals surface area (Å²) in [7, 11) is 2.08. The fourth-order valence-corrected chi connectivity index (χ4v) is 5.11. The van der Waals surface area contributed by atoms with Gasteiger partial charge in [-0.1, -0.05) is 25.2 Å². The molecule has 3 rings (SSSR count). The largest absolute Gasteiger partial charge is 0.343 e. The van der Waals surface area contributed by atoms with E-state index in [-0.39, 0.29) is 5.54 Å². The highest BCUT2D eigenvalue weighted by Gasteiger charge is 2.38. The summed E-state index contributed by atoms with van der Waals surface area (Å²) in [5, 5.41) is 4.74. The lowest BCUT2D eigenvalue weighted by molar-refractivity contribution is 0.265. The molecule has 1 atom stereocenters. The number of hydrogen-bond donors (Lipinski definition) is 1. The monoisotopic (exact) mass is 293 g/mol. The molecular formula is C16H27N3S. The molecule has 1 N–H and O–H groups in total. The Bertz CT molecular complexity index is 504. The minimum Gasteiger partial charge on any atom is -0.343 e. The van der Waals surface area contributed by atoms with Crippen LogP contribution >= 0.6 is 11.3 Å². The normalized spacial score (nSPS) is 27.6. The summed E-state index contributed by atoms with van der Waals surface area (Å²) in [5.74, 6) is 0. The third-order valence-corrected chi connectivity index (χ3v) is 6.15. The Morgan fingerprint density at radius 2 is 2.05 bits per heavy atom. The van der Waals surface area contributed by atoms with Gasteiger partial charge in [0.2, 0.25) is 0 Å². The summed E-state index contributed by atoms with van der Waals surface area (Å²) in [4.78, 5) is 9.03. The number of rotatable bonds is 2. The molecule has 0 spiro atoms. The highest BCUT2D eigenvalue weighted by atomic mass is 32.1. The fourth-order valence-electron chi connectivity index (χ4n) is 3.73. The zero-order valence-corrected chi connectivity index (χ0v) is 14.2. The molecule has 1 aliphatic carbocycles. The zero-order valence-electron chi connectivity index (χ0n) is 13.4. The van der Waals surface area contributed by atoms with Crippen LogP contribution in [0, 0.1) is 5.41 Å². The van der Waals surface area contributed by atoms with E-state index in [1.165, 1.54) is 35.0 Å². The topological polar surface area (TPSA) is 28.2 Å². The molecule has 1 unspecified atom stereocenters. The predicted molar refractivity (Wildman–Crippen MR) is 86.7 cm³/mol. The molecule has 4 heteroatoms. The first-order valence-corrected chi connectivity index (χ1v) is 8.59. The Kier molecular flexibility index (Phi) is 3.37. The van der Waals surface area contributed by atoms with Gasteiger partial charge >= 0.3 is 0 Å². The molecule has 20 heavy (non-hydrogen) atoms. The van der Waals surface area contributed by atoms with Crippen LogP contribution in [-0.2, 0) is 6.42 Å². The molecule has 1 aromatic rings. The Morgan fingerprint density at radius 3 is 2.65 bits per heavy atom. The standard InChI is InChI=1S/C16H27N3S/c1-15(2)9-11(17-5)13-12(10-15)18-14(20-13)19-8-6-7-16(19,3)4/h11,17H,6-10H2,1-5H3. The van der Waals surface area contributed by atoms with Gasteiger partial charge in [-0.2, -0.15) is 0 Å². The Labute approximate surface area is 126 Å². The molecule has 3 nitrogen and oxygen atoms in total. The van der Waals surface area contributed by atoms with Gasteiger partial charge in [0.15, 0.2) is 5.13 Å². The van der Waals surface area contributed by atoms with Crippen molar-refractivity contribution in [3.8, 4) is 0 Å². The fraction of sp³-hybridized carbons (Fsp3) is 0.812. The predicted octanol–water partition coefficient (Wildman–Crippen LogP) is 3.75. The maximum absolute atomic E-state index is 5.03. The maximum atomic E-state index is 5.03. The number of hydrogen-bond acceptors (Lipinski definition) is 4. The van der Waals surface area contributed by atoms with Crippen molar-refractivity contribution in [2.45, 2.75) is 65.0 Å². The molecule has 1 aliphatic heterocycles. The average Bonchev–Trinajstić information content (AvgIpc) is 2.89. The van der Waals surface area contributed by atoms with Gasteiger partial charge in [-0.05, 0) is 52.0 Å². The first kappa shape index (κ1) is 14.3. The van der Waals surface area contributed by atoms with Crippen LogP contribution < -0.4 is 10.2 Å². The number of thiazole rings is 1. The van der Waals surface area contributed by atoms with E-state index in [0.29, 0.717) is 11.5 Å². The number of aromatic nitrogens is 1. The molecule has 1 fully saturated rings. The van der Waals surface area contributed by atoms with Crippen molar-refractivity contribution in [3.05, 3.63) is 10.6 Å². The number of nitrogens with zero attached hydrogens (tertiary/aromatic N) is 2. The lowest BCUT2D eigenvalue weighted by atomic mass is 9.76. The maximum Gasteiger partial charge on any atom is 0.186 e. The van der Waals surface area contributed by atoms with Crippen molar-refractivity contribution < 1.29 is 0 Å². The van der Waals surface area contributed by atoms with Gasteiger partial charge in [-0.15, -0.1) is 0 Å². The highest BCUT2D eigenvalue weighted by Crippen LogP contribution is 2.46. The van der Waals surface area contributed by atoms with E-state index in [1.807, 2.05) is 11.3 Å². The highest BCUT2D eigenvalue weighted by molar-refractivity contribution is 7.15. The molecular weight excluding hydrogens is 266 g/mol. The summed E-state index contributed by atoms with van der Waals surface area (Å²) in [6, 6.07) is 0.478. The van der Waals surface area contributed by atoms with Crippen molar-refractivity contribution in [2.75, 3.05) is 18.5 Å². The quantitative estimate of drug-likeness (QED) is 0.900. The molecule has 2 aliphatic rings. The second-order valence-electron chi connectivity index (χ2n) is 7.76. The van der Waals surface area contributed by atoms with Gasteiger partial charge in [0.05, 0.1) is 5.69 Å². The van der Waals surface area contributed by atoms with E-state index in [1.54, 1.807) is 0 Å².